The molecule has 0 aromatic heterocycles. The minimum absolute atomic E-state index is 0.0365. The number of carbonyl (C=O) groups excluding carboxylic acids is 1. The van der Waals surface area contributed by atoms with E-state index in [-0.39, 0.29) is 21.2 Å². The number of hydrogen-bond acceptors (Lipinski definition) is 5. The van der Waals surface area contributed by atoms with E-state index in [1.165, 1.54) is 38.4 Å². The number of ether oxygens (including phenoxy) is 2. The van der Waals surface area contributed by atoms with Crippen LogP contribution in [0.3, 0.4) is 0 Å². The van der Waals surface area contributed by atoms with Crippen LogP contribution in [0.5, 0.6) is 11.5 Å². The number of hydrogen-bond donors (Lipinski definition) is 0. The standard InChI is InChI=1S/C22H20ClNO5S/c1-15-7-12-20(23)21(13-15)29-22(25)16-5-4-6-19(14-16)30(26,27)24(2)17-8-10-18(28-3)11-9-17/h4-14H,1-3H3. The second kappa shape index (κ2) is 8.77. The molecule has 8 heteroatoms. The van der Waals surface area contributed by atoms with Gasteiger partial charge in [0, 0.05) is 7.05 Å². The maximum Gasteiger partial charge on any atom is 0.343 e. The van der Waals surface area contributed by atoms with Crippen LogP contribution in [0.25, 0.3) is 0 Å². The highest BCUT2D eigenvalue weighted by Gasteiger charge is 2.23. The van der Waals surface area contributed by atoms with Gasteiger partial charge >= 0.3 is 5.97 Å². The van der Waals surface area contributed by atoms with Gasteiger partial charge in [-0.3, -0.25) is 4.31 Å². The van der Waals surface area contributed by atoms with E-state index in [9.17, 15) is 13.2 Å². The number of aryl methyl sites for hydroxylation is 1. The summed E-state index contributed by atoms with van der Waals surface area (Å²) in [4.78, 5) is 12.5. The Bertz CT molecular complexity index is 1180. The summed E-state index contributed by atoms with van der Waals surface area (Å²) in [5, 5.41) is 0.289. The quantitative estimate of drug-likeness (QED) is 0.406. The zero-order valence-electron chi connectivity index (χ0n) is 16.6. The average molecular weight is 446 g/mol. The van der Waals surface area contributed by atoms with Gasteiger partial charge < -0.3 is 9.47 Å². The number of nitrogens with zero attached hydrogens (tertiary/aromatic N) is 1. The summed E-state index contributed by atoms with van der Waals surface area (Å²) in [5.41, 5.74) is 1.42. The van der Waals surface area contributed by atoms with E-state index in [0.717, 1.165) is 9.87 Å². The first kappa shape index (κ1) is 21.7. The SMILES string of the molecule is COc1ccc(N(C)S(=O)(=O)c2cccc(C(=O)Oc3cc(C)ccc3Cl)c2)cc1. The number of sulfonamides is 1. The molecule has 0 aliphatic heterocycles. The number of rotatable bonds is 6. The lowest BCUT2D eigenvalue weighted by atomic mass is 10.2. The van der Waals surface area contributed by atoms with Gasteiger partial charge in [-0.15, -0.1) is 0 Å². The van der Waals surface area contributed by atoms with Crippen molar-refractivity contribution in [2.24, 2.45) is 0 Å². The van der Waals surface area contributed by atoms with Crippen molar-refractivity contribution in [2.45, 2.75) is 11.8 Å². The molecule has 0 amide bonds. The van der Waals surface area contributed by atoms with Crippen LogP contribution >= 0.6 is 11.6 Å². The number of esters is 1. The Morgan fingerprint density at radius 3 is 2.37 bits per heavy atom. The molecule has 3 rings (SSSR count). The van der Waals surface area contributed by atoms with E-state index in [4.69, 9.17) is 21.1 Å². The third-order valence-corrected chi connectivity index (χ3v) is 6.55. The predicted molar refractivity (Wildman–Crippen MR) is 116 cm³/mol. The third kappa shape index (κ3) is 4.58. The Labute approximate surface area is 180 Å². The smallest absolute Gasteiger partial charge is 0.343 e. The molecule has 0 saturated heterocycles. The molecule has 156 valence electrons. The van der Waals surface area contributed by atoms with E-state index >= 15 is 0 Å². The Balaban J connectivity index is 1.87. The zero-order valence-corrected chi connectivity index (χ0v) is 18.2. The molecule has 30 heavy (non-hydrogen) atoms. The number of methoxy groups -OCH3 is 1. The van der Waals surface area contributed by atoms with Gasteiger partial charge in [0.05, 0.1) is 28.3 Å². The molecule has 0 aliphatic carbocycles. The number of halogens is 1. The third-order valence-electron chi connectivity index (χ3n) is 4.45. The molecule has 0 radical (unpaired) electrons. The van der Waals surface area contributed by atoms with E-state index in [2.05, 4.69) is 0 Å². The minimum Gasteiger partial charge on any atom is -0.497 e. The summed E-state index contributed by atoms with van der Waals surface area (Å²) in [6.45, 7) is 1.84. The second-order valence-corrected chi connectivity index (χ2v) is 8.90. The molecule has 3 aromatic rings. The first-order chi connectivity index (χ1) is 14.2. The largest absolute Gasteiger partial charge is 0.497 e. The monoisotopic (exact) mass is 445 g/mol. The van der Waals surface area contributed by atoms with Crippen molar-refractivity contribution in [1.29, 1.82) is 0 Å². The van der Waals surface area contributed by atoms with Crippen LogP contribution in [0.4, 0.5) is 5.69 Å². The van der Waals surface area contributed by atoms with Crippen LogP contribution in [-0.4, -0.2) is 28.5 Å². The molecule has 0 spiro atoms. The molecular weight excluding hydrogens is 426 g/mol. The molecule has 0 atom stereocenters. The van der Waals surface area contributed by atoms with Crippen molar-refractivity contribution in [3.8, 4) is 11.5 Å². The predicted octanol–water partition coefficient (Wildman–Crippen LogP) is 4.70. The maximum atomic E-state index is 13.0. The minimum atomic E-state index is -3.90. The Morgan fingerprint density at radius 2 is 1.70 bits per heavy atom. The summed E-state index contributed by atoms with van der Waals surface area (Å²) >= 11 is 6.07. The highest BCUT2D eigenvalue weighted by atomic mass is 35.5. The molecule has 3 aromatic carbocycles. The Morgan fingerprint density at radius 1 is 1.00 bits per heavy atom. The van der Waals surface area contributed by atoms with Crippen molar-refractivity contribution < 1.29 is 22.7 Å². The van der Waals surface area contributed by atoms with Crippen LogP contribution in [0.1, 0.15) is 15.9 Å². The summed E-state index contributed by atoms with van der Waals surface area (Å²) in [7, 11) is -0.926. The van der Waals surface area contributed by atoms with Gasteiger partial charge in [0.25, 0.3) is 10.0 Å². The Hall–Kier alpha value is -3.03. The lowest BCUT2D eigenvalue weighted by Gasteiger charge is -2.20. The van der Waals surface area contributed by atoms with E-state index in [1.807, 2.05) is 6.92 Å². The van der Waals surface area contributed by atoms with Gasteiger partial charge in [-0.2, -0.15) is 0 Å². The van der Waals surface area contributed by atoms with Crippen LogP contribution in [0.2, 0.25) is 5.02 Å². The van der Waals surface area contributed by atoms with E-state index in [0.29, 0.717) is 11.4 Å². The van der Waals surface area contributed by atoms with Crippen LogP contribution in [0.15, 0.2) is 71.6 Å². The first-order valence-electron chi connectivity index (χ1n) is 8.94. The summed E-state index contributed by atoms with van der Waals surface area (Å²) in [6, 6.07) is 17.3. The number of benzene rings is 3. The van der Waals surface area contributed by atoms with Gasteiger partial charge in [-0.1, -0.05) is 23.7 Å². The second-order valence-electron chi connectivity index (χ2n) is 6.52. The maximum absolute atomic E-state index is 13.0. The zero-order chi connectivity index (χ0) is 21.9. The van der Waals surface area contributed by atoms with Crippen molar-refractivity contribution >= 4 is 33.3 Å². The molecule has 0 saturated carbocycles. The molecule has 0 N–H and O–H groups in total. The topological polar surface area (TPSA) is 72.9 Å². The van der Waals surface area contributed by atoms with Crippen LogP contribution in [-0.2, 0) is 10.0 Å². The molecule has 6 nitrogen and oxygen atoms in total. The number of anilines is 1. The van der Waals surface area contributed by atoms with Crippen molar-refractivity contribution in [3.63, 3.8) is 0 Å². The fraction of sp³-hybridized carbons (Fsp3) is 0.136. The van der Waals surface area contributed by atoms with Gasteiger partial charge in [0.2, 0.25) is 0 Å². The molecule has 0 bridgehead atoms. The molecule has 0 aliphatic rings. The molecule has 0 heterocycles. The average Bonchev–Trinajstić information content (AvgIpc) is 2.75. The van der Waals surface area contributed by atoms with Gasteiger partial charge in [0.1, 0.15) is 11.5 Å². The van der Waals surface area contributed by atoms with Crippen molar-refractivity contribution in [3.05, 3.63) is 82.9 Å². The van der Waals surface area contributed by atoms with E-state index in [1.54, 1.807) is 42.5 Å². The molecule has 0 unspecified atom stereocenters. The van der Waals surface area contributed by atoms with Crippen molar-refractivity contribution in [2.75, 3.05) is 18.5 Å². The van der Waals surface area contributed by atoms with Gasteiger partial charge in [-0.05, 0) is 67.1 Å². The summed E-state index contributed by atoms with van der Waals surface area (Å²) in [6.07, 6.45) is 0. The number of carbonyl (C=O) groups is 1. The molecule has 0 fully saturated rings. The lowest BCUT2D eigenvalue weighted by Crippen LogP contribution is -2.26. The molecular formula is C22H20ClNO5S. The first-order valence-corrected chi connectivity index (χ1v) is 10.8. The fourth-order valence-electron chi connectivity index (χ4n) is 2.72. The van der Waals surface area contributed by atoms with Crippen molar-refractivity contribution in [1.82, 2.24) is 0 Å². The fourth-order valence-corrected chi connectivity index (χ4v) is 4.12. The highest BCUT2D eigenvalue weighted by molar-refractivity contribution is 7.92. The van der Waals surface area contributed by atoms with Crippen LogP contribution < -0.4 is 13.8 Å². The normalized spacial score (nSPS) is 11.1. The lowest BCUT2D eigenvalue weighted by molar-refractivity contribution is 0.0734. The van der Waals surface area contributed by atoms with Crippen LogP contribution in [0, 0.1) is 6.92 Å². The summed E-state index contributed by atoms with van der Waals surface area (Å²) in [5.74, 6) is 0.126. The van der Waals surface area contributed by atoms with E-state index < -0.39 is 16.0 Å². The Kier molecular flexibility index (Phi) is 6.34. The van der Waals surface area contributed by atoms with Gasteiger partial charge in [-0.25, -0.2) is 13.2 Å². The summed E-state index contributed by atoms with van der Waals surface area (Å²) < 4.78 is 37.7. The van der Waals surface area contributed by atoms with Gasteiger partial charge in [0.15, 0.2) is 0 Å². The highest BCUT2D eigenvalue weighted by Crippen LogP contribution is 2.27.